The number of nitrogens with zero attached hydrogens (tertiary/aromatic N) is 3. The number of quaternary nitrogens is 1. The summed E-state index contributed by atoms with van der Waals surface area (Å²) in [7, 11) is 0. The van der Waals surface area contributed by atoms with Crippen molar-refractivity contribution >= 4 is 17.4 Å². The van der Waals surface area contributed by atoms with E-state index in [1.165, 1.54) is 23.9 Å². The number of thioether (sulfide) groups is 1. The van der Waals surface area contributed by atoms with Gasteiger partial charge in [-0.3, -0.25) is 10.1 Å². The van der Waals surface area contributed by atoms with E-state index in [2.05, 4.69) is 24.0 Å². The second kappa shape index (κ2) is 8.61. The number of non-ortho nitro benzene ring substituents is 1. The maximum atomic E-state index is 10.9. The normalized spacial score (nSPS) is 20.4. The van der Waals surface area contributed by atoms with Gasteiger partial charge >= 0.3 is 0 Å². The summed E-state index contributed by atoms with van der Waals surface area (Å²) < 4.78 is 11.5. The molecule has 2 atom stereocenters. The number of morpholine rings is 1. The van der Waals surface area contributed by atoms with E-state index in [0.29, 0.717) is 16.7 Å². The van der Waals surface area contributed by atoms with Crippen molar-refractivity contribution in [1.82, 2.24) is 10.2 Å². The van der Waals surface area contributed by atoms with Crippen LogP contribution in [0.2, 0.25) is 0 Å². The lowest BCUT2D eigenvalue weighted by molar-refractivity contribution is -0.914. The summed E-state index contributed by atoms with van der Waals surface area (Å²) in [6, 6.07) is 6.18. The fourth-order valence-corrected chi connectivity index (χ4v) is 3.80. The van der Waals surface area contributed by atoms with Crippen LogP contribution in [0.1, 0.15) is 13.8 Å². The summed E-state index contributed by atoms with van der Waals surface area (Å²) in [6.45, 7) is 8.44. The molecule has 1 fully saturated rings. The third-order valence-corrected chi connectivity index (χ3v) is 5.08. The maximum absolute atomic E-state index is 10.9. The molecular formula is C17H23N4O4S+. The minimum absolute atomic E-state index is 0.00118. The summed E-state index contributed by atoms with van der Waals surface area (Å²) >= 11 is 1.46. The first-order valence-electron chi connectivity index (χ1n) is 8.67. The molecule has 3 rings (SSSR count). The summed E-state index contributed by atoms with van der Waals surface area (Å²) in [5.41, 5.74) is 0.541. The predicted octanol–water partition coefficient (Wildman–Crippen LogP) is 1.68. The van der Waals surface area contributed by atoms with E-state index in [4.69, 9.17) is 9.15 Å². The molecule has 8 nitrogen and oxygen atoms in total. The zero-order valence-corrected chi connectivity index (χ0v) is 15.7. The quantitative estimate of drug-likeness (QED) is 0.444. The molecule has 26 heavy (non-hydrogen) atoms. The number of hydrogen-bond donors (Lipinski definition) is 1. The molecule has 1 aliphatic heterocycles. The highest BCUT2D eigenvalue weighted by Crippen LogP contribution is 2.26. The standard InChI is InChI=1S/C17H22N4O4S/c1-12(2)9-20-6-7-24-15(10-20)11-26-17-19-18-16(25-17)13-4-3-5-14(8-13)21(22)23/h3-5,8,12,15H,6-7,9-11H2,1-2H3/p+1/t15-/m0/s1. The fraction of sp³-hybridized carbons (Fsp3) is 0.529. The van der Waals surface area contributed by atoms with Gasteiger partial charge < -0.3 is 14.1 Å². The number of rotatable bonds is 7. The lowest BCUT2D eigenvalue weighted by atomic mass is 10.2. The molecule has 0 bridgehead atoms. The van der Waals surface area contributed by atoms with Crippen LogP contribution < -0.4 is 4.90 Å². The number of hydrogen-bond acceptors (Lipinski definition) is 7. The first-order chi connectivity index (χ1) is 12.5. The second-order valence-corrected chi connectivity index (χ2v) is 7.76. The number of nitrogens with one attached hydrogen (secondary N) is 1. The van der Waals surface area contributed by atoms with Gasteiger partial charge in [0, 0.05) is 29.4 Å². The van der Waals surface area contributed by atoms with Crippen LogP contribution in [-0.2, 0) is 4.74 Å². The number of nitro benzene ring substituents is 1. The highest BCUT2D eigenvalue weighted by molar-refractivity contribution is 7.99. The van der Waals surface area contributed by atoms with Crippen LogP contribution in [0.4, 0.5) is 5.69 Å². The van der Waals surface area contributed by atoms with Crippen molar-refractivity contribution in [1.29, 1.82) is 0 Å². The molecular weight excluding hydrogens is 356 g/mol. The highest BCUT2D eigenvalue weighted by Gasteiger charge is 2.25. The molecule has 1 saturated heterocycles. The van der Waals surface area contributed by atoms with E-state index in [9.17, 15) is 10.1 Å². The monoisotopic (exact) mass is 379 g/mol. The van der Waals surface area contributed by atoms with Gasteiger partial charge in [0.25, 0.3) is 10.9 Å². The molecule has 2 heterocycles. The Kier molecular flexibility index (Phi) is 6.23. The van der Waals surface area contributed by atoms with Gasteiger partial charge in [-0.25, -0.2) is 0 Å². The summed E-state index contributed by atoms with van der Waals surface area (Å²) in [6.07, 6.45) is 0.163. The van der Waals surface area contributed by atoms with E-state index in [-0.39, 0.29) is 17.7 Å². The van der Waals surface area contributed by atoms with Crippen LogP contribution in [-0.4, -0.2) is 53.2 Å². The van der Waals surface area contributed by atoms with E-state index in [1.54, 1.807) is 17.0 Å². The molecule has 140 valence electrons. The molecule has 0 radical (unpaired) electrons. The van der Waals surface area contributed by atoms with Crippen molar-refractivity contribution in [3.63, 3.8) is 0 Å². The minimum atomic E-state index is -0.443. The third kappa shape index (κ3) is 5.03. The summed E-state index contributed by atoms with van der Waals surface area (Å²) in [4.78, 5) is 12.0. The number of nitro groups is 1. The lowest BCUT2D eigenvalue weighted by Gasteiger charge is -2.30. The SMILES string of the molecule is CC(C)C[NH+]1CCO[C@H](CSc2nnc(-c3cccc([N+](=O)[O-])c3)o2)C1. The molecule has 1 N–H and O–H groups in total. The van der Waals surface area contributed by atoms with Gasteiger partial charge in [0.1, 0.15) is 19.2 Å². The lowest BCUT2D eigenvalue weighted by Crippen LogP contribution is -3.15. The molecule has 0 saturated carbocycles. The summed E-state index contributed by atoms with van der Waals surface area (Å²) in [5, 5.41) is 19.4. The van der Waals surface area contributed by atoms with E-state index < -0.39 is 4.92 Å². The van der Waals surface area contributed by atoms with Gasteiger partial charge in [-0.15, -0.1) is 10.2 Å². The molecule has 0 amide bonds. The molecule has 9 heteroatoms. The Bertz CT molecular complexity index is 752. The molecule has 1 unspecified atom stereocenters. The van der Waals surface area contributed by atoms with E-state index >= 15 is 0 Å². The van der Waals surface area contributed by atoms with Gasteiger partial charge in [-0.05, 0) is 6.07 Å². The first-order valence-corrected chi connectivity index (χ1v) is 9.66. The molecule has 1 aliphatic rings. The first kappa shape index (κ1) is 18.8. The van der Waals surface area contributed by atoms with Crippen molar-refractivity contribution in [2.45, 2.75) is 25.2 Å². The molecule has 1 aromatic carbocycles. The van der Waals surface area contributed by atoms with Crippen molar-refractivity contribution in [3.8, 4) is 11.5 Å². The summed E-state index contributed by atoms with van der Waals surface area (Å²) in [5.74, 6) is 1.70. The van der Waals surface area contributed by atoms with Crippen LogP contribution >= 0.6 is 11.8 Å². The van der Waals surface area contributed by atoms with Crippen molar-refractivity contribution < 1.29 is 19.0 Å². The van der Waals surface area contributed by atoms with Crippen LogP contribution in [0.15, 0.2) is 33.9 Å². The van der Waals surface area contributed by atoms with Crippen molar-refractivity contribution in [2.75, 3.05) is 32.0 Å². The van der Waals surface area contributed by atoms with E-state index in [1.807, 2.05) is 0 Å². The van der Waals surface area contributed by atoms with Crippen molar-refractivity contribution in [3.05, 3.63) is 34.4 Å². The van der Waals surface area contributed by atoms with Gasteiger partial charge in [0.15, 0.2) is 0 Å². The smallest absolute Gasteiger partial charge is 0.276 e. The van der Waals surface area contributed by atoms with E-state index in [0.717, 1.165) is 32.0 Å². The highest BCUT2D eigenvalue weighted by atomic mass is 32.2. The molecule has 0 aliphatic carbocycles. The Hall–Kier alpha value is -1.97. The van der Waals surface area contributed by atoms with Crippen LogP contribution in [0.3, 0.4) is 0 Å². The largest absolute Gasteiger partial charge is 0.411 e. The second-order valence-electron chi connectivity index (χ2n) is 6.79. The third-order valence-electron chi connectivity index (χ3n) is 4.13. The predicted molar refractivity (Wildman–Crippen MR) is 97.3 cm³/mol. The van der Waals surface area contributed by atoms with Gasteiger partial charge in [-0.2, -0.15) is 0 Å². The average Bonchev–Trinajstić information content (AvgIpc) is 3.09. The van der Waals surface area contributed by atoms with Gasteiger partial charge in [-0.1, -0.05) is 31.7 Å². The van der Waals surface area contributed by atoms with Crippen LogP contribution in [0, 0.1) is 16.0 Å². The average molecular weight is 379 g/mol. The van der Waals surface area contributed by atoms with Crippen LogP contribution in [0.25, 0.3) is 11.5 Å². The number of ether oxygens (including phenoxy) is 1. The zero-order chi connectivity index (χ0) is 18.5. The Morgan fingerprint density at radius 3 is 3.04 bits per heavy atom. The molecule has 0 spiro atoms. The van der Waals surface area contributed by atoms with Gasteiger partial charge in [0.05, 0.1) is 18.1 Å². The Morgan fingerprint density at radius 1 is 1.42 bits per heavy atom. The number of benzene rings is 1. The Labute approximate surface area is 156 Å². The maximum Gasteiger partial charge on any atom is 0.276 e. The molecule has 1 aromatic heterocycles. The Balaban J connectivity index is 1.57. The topological polar surface area (TPSA) is 95.7 Å². The fourth-order valence-electron chi connectivity index (χ4n) is 3.02. The van der Waals surface area contributed by atoms with Crippen molar-refractivity contribution in [2.24, 2.45) is 5.92 Å². The van der Waals surface area contributed by atoms with Gasteiger partial charge in [0.2, 0.25) is 5.89 Å². The molecule has 2 aromatic rings. The minimum Gasteiger partial charge on any atom is -0.411 e. The Morgan fingerprint density at radius 2 is 2.27 bits per heavy atom. The number of aromatic nitrogens is 2. The van der Waals surface area contributed by atoms with Crippen LogP contribution in [0.5, 0.6) is 0 Å². The zero-order valence-electron chi connectivity index (χ0n) is 14.9.